The second kappa shape index (κ2) is 7.94. The molecule has 1 aromatic carbocycles. The molecule has 0 bridgehead atoms. The summed E-state index contributed by atoms with van der Waals surface area (Å²) >= 11 is 3.56. The van der Waals surface area contributed by atoms with Crippen molar-refractivity contribution >= 4 is 21.6 Å². The van der Waals surface area contributed by atoms with Gasteiger partial charge in [0, 0.05) is 16.2 Å². The summed E-state index contributed by atoms with van der Waals surface area (Å²) in [5.74, 6) is 1.47. The Morgan fingerprint density at radius 1 is 1.05 bits per heavy atom. The topological polar surface area (TPSA) is 12.0 Å². The molecule has 0 saturated heterocycles. The lowest BCUT2D eigenvalue weighted by Crippen LogP contribution is -2.24. The van der Waals surface area contributed by atoms with Crippen LogP contribution in [0.2, 0.25) is 0 Å². The minimum Gasteiger partial charge on any atom is -0.382 e. The van der Waals surface area contributed by atoms with Crippen molar-refractivity contribution in [2.24, 2.45) is 11.8 Å². The summed E-state index contributed by atoms with van der Waals surface area (Å²) in [6.07, 6.45) is 3.53. The molecule has 1 nitrogen and oxygen atoms in total. The van der Waals surface area contributed by atoms with E-state index in [1.54, 1.807) is 0 Å². The molecule has 108 valence electrons. The fourth-order valence-electron chi connectivity index (χ4n) is 2.57. The zero-order valence-corrected chi connectivity index (χ0v) is 14.5. The van der Waals surface area contributed by atoms with Gasteiger partial charge >= 0.3 is 0 Å². The van der Waals surface area contributed by atoms with E-state index >= 15 is 0 Å². The van der Waals surface area contributed by atoms with Crippen molar-refractivity contribution in [1.82, 2.24) is 0 Å². The third kappa shape index (κ3) is 5.99. The number of rotatable bonds is 7. The first-order valence-electron chi connectivity index (χ1n) is 7.47. The van der Waals surface area contributed by atoms with Crippen LogP contribution < -0.4 is 5.32 Å². The van der Waals surface area contributed by atoms with Crippen LogP contribution in [0.1, 0.15) is 53.0 Å². The molecular formula is C17H28BrN. The molecule has 0 saturated carbocycles. The van der Waals surface area contributed by atoms with E-state index in [4.69, 9.17) is 0 Å². The summed E-state index contributed by atoms with van der Waals surface area (Å²) in [5, 5.41) is 3.77. The molecule has 2 heteroatoms. The zero-order chi connectivity index (χ0) is 14.4. The number of hydrogen-bond acceptors (Lipinski definition) is 1. The van der Waals surface area contributed by atoms with E-state index in [-0.39, 0.29) is 0 Å². The van der Waals surface area contributed by atoms with Gasteiger partial charge in [0.1, 0.15) is 0 Å². The number of halogens is 1. The van der Waals surface area contributed by atoms with Gasteiger partial charge in [-0.15, -0.1) is 0 Å². The number of aryl methyl sites for hydroxylation is 1. The summed E-state index contributed by atoms with van der Waals surface area (Å²) in [6.45, 7) is 11.4. The van der Waals surface area contributed by atoms with Crippen LogP contribution in [0.15, 0.2) is 22.7 Å². The van der Waals surface area contributed by atoms with Crippen molar-refractivity contribution in [3.8, 4) is 0 Å². The van der Waals surface area contributed by atoms with Crippen LogP contribution in [0.3, 0.4) is 0 Å². The molecule has 0 aliphatic rings. The molecular weight excluding hydrogens is 298 g/mol. The van der Waals surface area contributed by atoms with Crippen molar-refractivity contribution in [2.45, 2.75) is 59.9 Å². The lowest BCUT2D eigenvalue weighted by Gasteiger charge is -2.25. The Hall–Kier alpha value is -0.500. The van der Waals surface area contributed by atoms with Crippen LogP contribution in [-0.2, 0) is 6.42 Å². The second-order valence-corrected chi connectivity index (χ2v) is 7.17. The standard InChI is InChI=1S/C17H28BrN/c1-6-14-11-15(18)7-8-17(14)19-16(9-12(2)3)10-13(4)5/h7-8,11-13,16,19H,6,9-10H2,1-5H3. The van der Waals surface area contributed by atoms with Crippen LogP contribution >= 0.6 is 15.9 Å². The first-order valence-corrected chi connectivity index (χ1v) is 8.26. The SMILES string of the molecule is CCc1cc(Br)ccc1NC(CC(C)C)CC(C)C. The molecule has 1 rings (SSSR count). The third-order valence-electron chi connectivity index (χ3n) is 3.32. The number of anilines is 1. The Morgan fingerprint density at radius 3 is 2.11 bits per heavy atom. The van der Waals surface area contributed by atoms with Gasteiger partial charge in [-0.05, 0) is 54.9 Å². The minimum absolute atomic E-state index is 0.575. The lowest BCUT2D eigenvalue weighted by molar-refractivity contribution is 0.442. The van der Waals surface area contributed by atoms with Gasteiger partial charge in [-0.3, -0.25) is 0 Å². The molecule has 19 heavy (non-hydrogen) atoms. The average Bonchev–Trinajstić information content (AvgIpc) is 2.29. The molecule has 0 atom stereocenters. The molecule has 0 aromatic heterocycles. The highest BCUT2D eigenvalue weighted by Gasteiger charge is 2.14. The van der Waals surface area contributed by atoms with Crippen molar-refractivity contribution in [3.63, 3.8) is 0 Å². The monoisotopic (exact) mass is 325 g/mol. The second-order valence-electron chi connectivity index (χ2n) is 6.26. The van der Waals surface area contributed by atoms with Gasteiger partial charge in [0.25, 0.3) is 0 Å². The van der Waals surface area contributed by atoms with E-state index in [0.717, 1.165) is 18.3 Å². The fraction of sp³-hybridized carbons (Fsp3) is 0.647. The number of hydrogen-bond donors (Lipinski definition) is 1. The maximum absolute atomic E-state index is 3.77. The average molecular weight is 326 g/mol. The van der Waals surface area contributed by atoms with E-state index in [2.05, 4.69) is 74.1 Å². The maximum atomic E-state index is 3.77. The molecule has 1 N–H and O–H groups in total. The van der Waals surface area contributed by atoms with E-state index in [9.17, 15) is 0 Å². The van der Waals surface area contributed by atoms with Crippen LogP contribution in [0, 0.1) is 11.8 Å². The Balaban J connectivity index is 2.82. The molecule has 0 radical (unpaired) electrons. The summed E-state index contributed by atoms with van der Waals surface area (Å²) in [4.78, 5) is 0. The Labute approximate surface area is 127 Å². The zero-order valence-electron chi connectivity index (χ0n) is 13.0. The van der Waals surface area contributed by atoms with Crippen molar-refractivity contribution in [3.05, 3.63) is 28.2 Å². The van der Waals surface area contributed by atoms with Crippen molar-refractivity contribution in [1.29, 1.82) is 0 Å². The van der Waals surface area contributed by atoms with Crippen LogP contribution in [-0.4, -0.2) is 6.04 Å². The minimum atomic E-state index is 0.575. The largest absolute Gasteiger partial charge is 0.382 e. The Kier molecular flexibility index (Phi) is 6.92. The first kappa shape index (κ1) is 16.6. The summed E-state index contributed by atoms with van der Waals surface area (Å²) < 4.78 is 1.17. The molecule has 0 spiro atoms. The normalized spacial score (nSPS) is 11.6. The highest BCUT2D eigenvalue weighted by atomic mass is 79.9. The van der Waals surface area contributed by atoms with Crippen LogP contribution in [0.25, 0.3) is 0 Å². The predicted molar refractivity (Wildman–Crippen MR) is 89.8 cm³/mol. The summed E-state index contributed by atoms with van der Waals surface area (Å²) in [6, 6.07) is 7.13. The highest BCUT2D eigenvalue weighted by Crippen LogP contribution is 2.25. The van der Waals surface area contributed by atoms with Gasteiger partial charge < -0.3 is 5.32 Å². The highest BCUT2D eigenvalue weighted by molar-refractivity contribution is 9.10. The summed E-state index contributed by atoms with van der Waals surface area (Å²) in [7, 11) is 0. The molecule has 0 fully saturated rings. The first-order chi connectivity index (χ1) is 8.92. The number of nitrogens with one attached hydrogen (secondary N) is 1. The van der Waals surface area contributed by atoms with Crippen LogP contribution in [0.4, 0.5) is 5.69 Å². The van der Waals surface area contributed by atoms with Gasteiger partial charge in [-0.2, -0.15) is 0 Å². The molecule has 1 aromatic rings. The molecule has 0 aliphatic carbocycles. The lowest BCUT2D eigenvalue weighted by atomic mass is 9.95. The van der Waals surface area contributed by atoms with Gasteiger partial charge in [-0.25, -0.2) is 0 Å². The Bertz CT molecular complexity index is 375. The quantitative estimate of drug-likeness (QED) is 0.659. The maximum Gasteiger partial charge on any atom is 0.0375 e. The Morgan fingerprint density at radius 2 is 1.63 bits per heavy atom. The molecule has 0 amide bonds. The smallest absolute Gasteiger partial charge is 0.0375 e. The molecule has 0 unspecified atom stereocenters. The molecule has 0 heterocycles. The van der Waals surface area contributed by atoms with Gasteiger partial charge in [0.2, 0.25) is 0 Å². The van der Waals surface area contributed by atoms with Crippen molar-refractivity contribution < 1.29 is 0 Å². The molecule has 0 aliphatic heterocycles. The van der Waals surface area contributed by atoms with Crippen molar-refractivity contribution in [2.75, 3.05) is 5.32 Å². The van der Waals surface area contributed by atoms with Gasteiger partial charge in [-0.1, -0.05) is 50.5 Å². The summed E-state index contributed by atoms with van der Waals surface area (Å²) in [5.41, 5.74) is 2.70. The van der Waals surface area contributed by atoms with E-state index in [0.29, 0.717) is 6.04 Å². The van der Waals surface area contributed by atoms with E-state index in [1.807, 2.05) is 0 Å². The third-order valence-corrected chi connectivity index (χ3v) is 3.81. The van der Waals surface area contributed by atoms with Crippen LogP contribution in [0.5, 0.6) is 0 Å². The number of benzene rings is 1. The van der Waals surface area contributed by atoms with Gasteiger partial charge in [0.05, 0.1) is 0 Å². The fourth-order valence-corrected chi connectivity index (χ4v) is 2.98. The van der Waals surface area contributed by atoms with Gasteiger partial charge in [0.15, 0.2) is 0 Å². The predicted octanol–water partition coefficient (Wildman–Crippen LogP) is 5.88. The van der Waals surface area contributed by atoms with E-state index < -0.39 is 0 Å². The van der Waals surface area contributed by atoms with E-state index in [1.165, 1.54) is 28.6 Å².